The molecule has 0 saturated heterocycles. The molecular weight excluding hydrogens is 388 g/mol. The van der Waals surface area contributed by atoms with E-state index in [9.17, 15) is 9.59 Å². The Kier molecular flexibility index (Phi) is 5.54. The molecule has 0 unspecified atom stereocenters. The highest BCUT2D eigenvalue weighted by Crippen LogP contribution is 2.30. The first-order valence-electron chi connectivity index (χ1n) is 7.74. The average molecular weight is 401 g/mol. The molecule has 0 radical (unpaired) electrons. The largest absolute Gasteiger partial charge is 0.475 e. The van der Waals surface area contributed by atoms with Crippen LogP contribution in [0, 0.1) is 0 Å². The van der Waals surface area contributed by atoms with Crippen molar-refractivity contribution < 1.29 is 19.1 Å². The summed E-state index contributed by atoms with van der Waals surface area (Å²) in [6, 6.07) is 16.5. The molecule has 0 saturated carbocycles. The number of carbonyl (C=O) groups is 2. The topological polar surface area (TPSA) is 91.6 Å². The van der Waals surface area contributed by atoms with Crippen molar-refractivity contribution >= 4 is 46.5 Å². The van der Waals surface area contributed by atoms with Gasteiger partial charge in [-0.15, -0.1) is 0 Å². The zero-order valence-electron chi connectivity index (χ0n) is 13.7. The van der Waals surface area contributed by atoms with E-state index in [1.165, 1.54) is 6.07 Å². The third-order valence-electron chi connectivity index (χ3n) is 3.58. The van der Waals surface area contributed by atoms with Gasteiger partial charge < -0.3 is 14.8 Å². The summed E-state index contributed by atoms with van der Waals surface area (Å²) in [4.78, 5) is 23.1. The van der Waals surface area contributed by atoms with E-state index in [1.807, 2.05) is 6.07 Å². The van der Waals surface area contributed by atoms with E-state index < -0.39 is 5.97 Å². The molecule has 3 N–H and O–H groups in total. The van der Waals surface area contributed by atoms with E-state index in [0.29, 0.717) is 27.6 Å². The van der Waals surface area contributed by atoms with E-state index in [0.717, 1.165) is 0 Å². The molecule has 2 aromatic carbocycles. The van der Waals surface area contributed by atoms with Gasteiger partial charge in [-0.3, -0.25) is 10.1 Å². The molecule has 0 aliphatic carbocycles. The number of halogens is 1. The first-order chi connectivity index (χ1) is 12.9. The van der Waals surface area contributed by atoms with E-state index in [2.05, 4.69) is 10.6 Å². The molecule has 6 nitrogen and oxygen atoms in total. The maximum Gasteiger partial charge on any atom is 0.371 e. The van der Waals surface area contributed by atoms with Gasteiger partial charge in [0.15, 0.2) is 5.11 Å². The fourth-order valence-electron chi connectivity index (χ4n) is 2.30. The Morgan fingerprint density at radius 1 is 1.04 bits per heavy atom. The third kappa shape index (κ3) is 4.52. The molecule has 27 heavy (non-hydrogen) atoms. The molecule has 0 aliphatic rings. The molecule has 136 valence electrons. The predicted molar refractivity (Wildman–Crippen MR) is 106 cm³/mol. The standard InChI is InChI=1S/C19H13ClN2O4S/c20-13-7-6-12(15-8-9-16(26-15)18(24)25)10-14(13)21-19(27)22-17(23)11-4-2-1-3-5-11/h1-10H,(H,24,25)(H2,21,22,23,27). The number of carboxylic acids is 1. The van der Waals surface area contributed by atoms with Crippen molar-refractivity contribution in [3.05, 3.63) is 77.0 Å². The van der Waals surface area contributed by atoms with Crippen LogP contribution in [0.2, 0.25) is 5.02 Å². The number of rotatable bonds is 4. The van der Waals surface area contributed by atoms with E-state index in [4.69, 9.17) is 33.3 Å². The lowest BCUT2D eigenvalue weighted by Crippen LogP contribution is -2.34. The van der Waals surface area contributed by atoms with Gasteiger partial charge in [0.1, 0.15) is 5.76 Å². The highest BCUT2D eigenvalue weighted by Gasteiger charge is 2.13. The smallest absolute Gasteiger partial charge is 0.371 e. The van der Waals surface area contributed by atoms with Gasteiger partial charge in [0, 0.05) is 11.1 Å². The summed E-state index contributed by atoms with van der Waals surface area (Å²) in [5.41, 5.74) is 1.52. The minimum Gasteiger partial charge on any atom is -0.475 e. The van der Waals surface area contributed by atoms with Crippen LogP contribution in [-0.4, -0.2) is 22.1 Å². The molecule has 0 atom stereocenters. The van der Waals surface area contributed by atoms with Crippen molar-refractivity contribution in [1.82, 2.24) is 5.32 Å². The minimum absolute atomic E-state index is 0.0774. The van der Waals surface area contributed by atoms with Gasteiger partial charge in [0.25, 0.3) is 5.91 Å². The zero-order chi connectivity index (χ0) is 19.4. The van der Waals surface area contributed by atoms with Crippen molar-refractivity contribution in [3.8, 4) is 11.3 Å². The number of aromatic carboxylic acids is 1. The number of benzene rings is 2. The maximum absolute atomic E-state index is 12.1. The summed E-state index contributed by atoms with van der Waals surface area (Å²) in [7, 11) is 0. The van der Waals surface area contributed by atoms with Crippen LogP contribution in [0.5, 0.6) is 0 Å². The van der Waals surface area contributed by atoms with Gasteiger partial charge in [-0.05, 0) is 54.7 Å². The molecule has 0 spiro atoms. The first-order valence-corrected chi connectivity index (χ1v) is 8.53. The van der Waals surface area contributed by atoms with Crippen molar-refractivity contribution in [2.45, 2.75) is 0 Å². The second kappa shape index (κ2) is 8.03. The van der Waals surface area contributed by atoms with Crippen LogP contribution in [0.15, 0.2) is 65.1 Å². The number of thiocarbonyl (C=S) groups is 1. The number of carboxylic acid groups (broad SMARTS) is 1. The van der Waals surface area contributed by atoms with Crippen molar-refractivity contribution in [2.24, 2.45) is 0 Å². The number of hydrogen-bond acceptors (Lipinski definition) is 4. The quantitative estimate of drug-likeness (QED) is 0.561. The summed E-state index contributed by atoms with van der Waals surface area (Å²) in [5.74, 6) is -1.30. The Hall–Kier alpha value is -3.16. The molecule has 0 fully saturated rings. The number of furan rings is 1. The molecule has 1 heterocycles. The van der Waals surface area contributed by atoms with Crippen molar-refractivity contribution in [3.63, 3.8) is 0 Å². The van der Waals surface area contributed by atoms with Crippen molar-refractivity contribution in [2.75, 3.05) is 5.32 Å². The molecule has 1 amide bonds. The fourth-order valence-corrected chi connectivity index (χ4v) is 2.67. The monoisotopic (exact) mass is 400 g/mol. The van der Waals surface area contributed by atoms with E-state index >= 15 is 0 Å². The van der Waals surface area contributed by atoms with Crippen molar-refractivity contribution in [1.29, 1.82) is 0 Å². The number of amides is 1. The Morgan fingerprint density at radius 3 is 2.44 bits per heavy atom. The number of carbonyl (C=O) groups excluding carboxylic acids is 1. The minimum atomic E-state index is -1.15. The van der Waals surface area contributed by atoms with Crippen LogP contribution in [0.3, 0.4) is 0 Å². The molecule has 1 aromatic heterocycles. The predicted octanol–water partition coefficient (Wildman–Crippen LogP) is 4.43. The average Bonchev–Trinajstić information content (AvgIpc) is 3.14. The Morgan fingerprint density at radius 2 is 1.78 bits per heavy atom. The van der Waals surface area contributed by atoms with Crippen LogP contribution < -0.4 is 10.6 Å². The van der Waals surface area contributed by atoms with E-state index in [-0.39, 0.29) is 16.8 Å². The maximum atomic E-state index is 12.1. The van der Waals surface area contributed by atoms with Gasteiger partial charge in [-0.2, -0.15) is 0 Å². The summed E-state index contributed by atoms with van der Waals surface area (Å²) in [5, 5.41) is 14.8. The van der Waals surface area contributed by atoms with Crippen LogP contribution in [-0.2, 0) is 0 Å². The van der Waals surface area contributed by atoms with Gasteiger partial charge >= 0.3 is 5.97 Å². The van der Waals surface area contributed by atoms with Crippen LogP contribution in [0.1, 0.15) is 20.9 Å². The first kappa shape index (κ1) is 18.6. The van der Waals surface area contributed by atoms with Gasteiger partial charge in [0.05, 0.1) is 10.7 Å². The molecule has 0 aliphatic heterocycles. The molecule has 0 bridgehead atoms. The number of nitrogens with one attached hydrogen (secondary N) is 2. The molecular formula is C19H13ClN2O4S. The fraction of sp³-hybridized carbons (Fsp3) is 0. The second-order valence-electron chi connectivity index (χ2n) is 5.44. The third-order valence-corrected chi connectivity index (χ3v) is 4.11. The molecule has 3 aromatic rings. The highest BCUT2D eigenvalue weighted by molar-refractivity contribution is 7.80. The number of anilines is 1. The van der Waals surface area contributed by atoms with Gasteiger partial charge in [-0.1, -0.05) is 29.8 Å². The normalized spacial score (nSPS) is 10.3. The SMILES string of the molecule is O=C(NC(=S)Nc1cc(-c2ccc(C(=O)O)o2)ccc1Cl)c1ccccc1. The van der Waals surface area contributed by atoms with Crippen LogP contribution in [0.25, 0.3) is 11.3 Å². The lowest BCUT2D eigenvalue weighted by Gasteiger charge is -2.12. The summed E-state index contributed by atoms with van der Waals surface area (Å²) in [6.45, 7) is 0. The van der Waals surface area contributed by atoms with Gasteiger partial charge in [-0.25, -0.2) is 4.79 Å². The second-order valence-corrected chi connectivity index (χ2v) is 6.25. The number of hydrogen-bond donors (Lipinski definition) is 3. The zero-order valence-corrected chi connectivity index (χ0v) is 15.3. The Bertz CT molecular complexity index is 1020. The summed E-state index contributed by atoms with van der Waals surface area (Å²) in [6.07, 6.45) is 0. The van der Waals surface area contributed by atoms with Gasteiger partial charge in [0.2, 0.25) is 5.76 Å². The lowest BCUT2D eigenvalue weighted by atomic mass is 10.1. The summed E-state index contributed by atoms with van der Waals surface area (Å²) >= 11 is 11.3. The lowest BCUT2D eigenvalue weighted by molar-refractivity contribution is 0.0663. The summed E-state index contributed by atoms with van der Waals surface area (Å²) < 4.78 is 5.28. The Labute approximate surface area is 164 Å². The highest BCUT2D eigenvalue weighted by atomic mass is 35.5. The van der Waals surface area contributed by atoms with E-state index in [1.54, 1.807) is 48.5 Å². The molecule has 3 rings (SSSR count). The molecule has 8 heteroatoms. The Balaban J connectivity index is 1.75. The van der Waals surface area contributed by atoms with Crippen LogP contribution >= 0.6 is 23.8 Å². The van der Waals surface area contributed by atoms with Crippen LogP contribution in [0.4, 0.5) is 5.69 Å².